The molecule has 1 saturated carbocycles. The first kappa shape index (κ1) is 17.2. The summed E-state index contributed by atoms with van der Waals surface area (Å²) in [5.74, 6) is 1.94. The van der Waals surface area contributed by atoms with Crippen molar-refractivity contribution in [3.05, 3.63) is 23.8 Å². The average molecular weight is 357 g/mol. The number of anilines is 1. The molecular weight excluding hydrogens is 330 g/mol. The van der Waals surface area contributed by atoms with E-state index in [0.717, 1.165) is 44.0 Å². The molecule has 0 bridgehead atoms. The van der Waals surface area contributed by atoms with Crippen LogP contribution < -0.4 is 15.0 Å². The highest BCUT2D eigenvalue weighted by molar-refractivity contribution is 5.88. The van der Waals surface area contributed by atoms with Gasteiger partial charge in [-0.2, -0.15) is 0 Å². The Hall–Kier alpha value is -2.24. The van der Waals surface area contributed by atoms with Crippen LogP contribution in [0.2, 0.25) is 0 Å². The topological polar surface area (TPSA) is 63.2 Å². The van der Waals surface area contributed by atoms with Crippen LogP contribution in [0.25, 0.3) is 0 Å². The van der Waals surface area contributed by atoms with Gasteiger partial charge in [-0.1, -0.05) is 6.42 Å². The number of hydrogen-bond acceptors (Lipinski definition) is 5. The Kier molecular flexibility index (Phi) is 5.00. The number of hydrogen-bond donors (Lipinski definition) is 1. The number of carbonyl (C=O) groups is 1. The van der Waals surface area contributed by atoms with Gasteiger partial charge < -0.3 is 14.8 Å². The van der Waals surface area contributed by atoms with E-state index in [1.54, 1.807) is 11.2 Å². The maximum atomic E-state index is 12.4. The van der Waals surface area contributed by atoms with Gasteiger partial charge in [0, 0.05) is 18.3 Å². The molecule has 0 radical (unpaired) electrons. The number of methoxy groups -OCH3 is 1. The van der Waals surface area contributed by atoms with E-state index < -0.39 is 0 Å². The SMILES string of the molecule is COC(=O)N(CC1CCC1)c1ccc2c(c1)C(CC1CN=CN1)CCO2. The van der Waals surface area contributed by atoms with Crippen LogP contribution in [0.3, 0.4) is 0 Å². The Labute approximate surface area is 154 Å². The number of benzene rings is 1. The molecule has 3 aliphatic rings. The minimum absolute atomic E-state index is 0.281. The quantitative estimate of drug-likeness (QED) is 0.878. The standard InChI is InChI=1S/C20H27N3O3/c1-25-20(24)23(12-14-3-2-4-14)17-5-6-19-18(10-17)15(7-8-26-19)9-16-11-21-13-22-16/h5-6,10,13-16H,2-4,7-9,11-12H2,1H3,(H,21,22). The summed E-state index contributed by atoms with van der Waals surface area (Å²) in [4.78, 5) is 18.4. The lowest BCUT2D eigenvalue weighted by atomic mass is 9.84. The van der Waals surface area contributed by atoms with E-state index in [9.17, 15) is 4.79 Å². The molecule has 2 heterocycles. The zero-order valence-corrected chi connectivity index (χ0v) is 15.3. The Morgan fingerprint density at radius 3 is 2.96 bits per heavy atom. The third-order valence-corrected chi connectivity index (χ3v) is 5.83. The minimum Gasteiger partial charge on any atom is -0.493 e. The van der Waals surface area contributed by atoms with Crippen LogP contribution in [0.15, 0.2) is 23.2 Å². The first-order valence-corrected chi connectivity index (χ1v) is 9.61. The van der Waals surface area contributed by atoms with E-state index in [2.05, 4.69) is 16.4 Å². The highest BCUT2D eigenvalue weighted by Gasteiger charge is 2.29. The molecule has 26 heavy (non-hydrogen) atoms. The molecule has 6 nitrogen and oxygen atoms in total. The zero-order valence-electron chi connectivity index (χ0n) is 15.3. The summed E-state index contributed by atoms with van der Waals surface area (Å²) in [6, 6.07) is 6.51. The van der Waals surface area contributed by atoms with Crippen LogP contribution in [-0.4, -0.2) is 45.3 Å². The number of fused-ring (bicyclic) bond motifs is 1. The fourth-order valence-corrected chi connectivity index (χ4v) is 4.07. The molecule has 2 unspecified atom stereocenters. The molecule has 0 aromatic heterocycles. The van der Waals surface area contributed by atoms with E-state index in [4.69, 9.17) is 9.47 Å². The molecule has 1 aromatic rings. The van der Waals surface area contributed by atoms with Gasteiger partial charge in [0.1, 0.15) is 5.75 Å². The fraction of sp³-hybridized carbons (Fsp3) is 0.600. The maximum absolute atomic E-state index is 12.4. The number of aliphatic imine (C=N–C) groups is 1. The predicted octanol–water partition coefficient (Wildman–Crippen LogP) is 3.32. The number of carbonyl (C=O) groups excluding carboxylic acids is 1. The molecule has 0 spiro atoms. The van der Waals surface area contributed by atoms with Crippen LogP contribution in [0, 0.1) is 5.92 Å². The van der Waals surface area contributed by atoms with Gasteiger partial charge in [-0.05, 0) is 61.3 Å². The van der Waals surface area contributed by atoms with Crippen molar-refractivity contribution in [3.63, 3.8) is 0 Å². The molecule has 2 aliphatic heterocycles. The van der Waals surface area contributed by atoms with Gasteiger partial charge in [-0.15, -0.1) is 0 Å². The normalized spacial score (nSPS) is 24.2. The molecule has 0 saturated heterocycles. The molecule has 1 fully saturated rings. The predicted molar refractivity (Wildman–Crippen MR) is 101 cm³/mol. The summed E-state index contributed by atoms with van der Waals surface area (Å²) in [5.41, 5.74) is 2.11. The summed E-state index contributed by atoms with van der Waals surface area (Å²) >= 11 is 0. The van der Waals surface area contributed by atoms with Gasteiger partial charge in [-0.25, -0.2) is 4.79 Å². The van der Waals surface area contributed by atoms with Gasteiger partial charge >= 0.3 is 6.09 Å². The van der Waals surface area contributed by atoms with Crippen LogP contribution in [0.4, 0.5) is 10.5 Å². The summed E-state index contributed by atoms with van der Waals surface area (Å²) in [6.07, 6.45) is 7.19. The van der Waals surface area contributed by atoms with E-state index in [0.29, 0.717) is 17.9 Å². The fourth-order valence-electron chi connectivity index (χ4n) is 4.07. The Bertz CT molecular complexity index is 679. The number of nitrogens with zero attached hydrogens (tertiary/aromatic N) is 2. The van der Waals surface area contributed by atoms with E-state index >= 15 is 0 Å². The smallest absolute Gasteiger partial charge is 0.414 e. The van der Waals surface area contributed by atoms with Crippen LogP contribution >= 0.6 is 0 Å². The summed E-state index contributed by atoms with van der Waals surface area (Å²) in [5, 5.41) is 3.32. The van der Waals surface area contributed by atoms with E-state index in [1.807, 2.05) is 12.1 Å². The molecule has 4 rings (SSSR count). The molecule has 1 aliphatic carbocycles. The van der Waals surface area contributed by atoms with Gasteiger partial charge in [0.25, 0.3) is 0 Å². The molecule has 2 atom stereocenters. The van der Waals surface area contributed by atoms with Crippen molar-refractivity contribution >= 4 is 18.1 Å². The van der Waals surface area contributed by atoms with Crippen LogP contribution in [-0.2, 0) is 4.74 Å². The molecule has 140 valence electrons. The average Bonchev–Trinajstić information content (AvgIpc) is 3.13. The van der Waals surface area contributed by atoms with Crippen molar-refractivity contribution in [1.29, 1.82) is 0 Å². The lowest BCUT2D eigenvalue weighted by Crippen LogP contribution is -2.37. The Morgan fingerprint density at radius 1 is 1.38 bits per heavy atom. The van der Waals surface area contributed by atoms with Crippen LogP contribution in [0.5, 0.6) is 5.75 Å². The number of rotatable bonds is 5. The first-order valence-electron chi connectivity index (χ1n) is 9.61. The van der Waals surface area contributed by atoms with Crippen molar-refractivity contribution in [1.82, 2.24) is 5.32 Å². The molecular formula is C20H27N3O3. The second-order valence-electron chi connectivity index (χ2n) is 7.53. The second kappa shape index (κ2) is 7.56. The van der Waals surface area contributed by atoms with Crippen molar-refractivity contribution < 1.29 is 14.3 Å². The maximum Gasteiger partial charge on any atom is 0.414 e. The second-order valence-corrected chi connectivity index (χ2v) is 7.53. The monoisotopic (exact) mass is 357 g/mol. The van der Waals surface area contributed by atoms with Gasteiger partial charge in [0.2, 0.25) is 0 Å². The zero-order chi connectivity index (χ0) is 17.9. The van der Waals surface area contributed by atoms with E-state index in [-0.39, 0.29) is 6.09 Å². The van der Waals surface area contributed by atoms with Gasteiger partial charge in [-0.3, -0.25) is 9.89 Å². The Morgan fingerprint density at radius 2 is 2.27 bits per heavy atom. The third kappa shape index (κ3) is 3.50. The highest BCUT2D eigenvalue weighted by atomic mass is 16.5. The van der Waals surface area contributed by atoms with Crippen molar-refractivity contribution in [3.8, 4) is 5.75 Å². The lowest BCUT2D eigenvalue weighted by Gasteiger charge is -2.33. The largest absolute Gasteiger partial charge is 0.493 e. The number of ether oxygens (including phenoxy) is 2. The van der Waals surface area contributed by atoms with Crippen molar-refractivity contribution in [2.24, 2.45) is 10.9 Å². The third-order valence-electron chi connectivity index (χ3n) is 5.83. The summed E-state index contributed by atoms with van der Waals surface area (Å²) < 4.78 is 10.9. The van der Waals surface area contributed by atoms with E-state index in [1.165, 1.54) is 31.9 Å². The lowest BCUT2D eigenvalue weighted by molar-refractivity contribution is 0.175. The van der Waals surface area contributed by atoms with Crippen LogP contribution in [0.1, 0.15) is 43.6 Å². The highest BCUT2D eigenvalue weighted by Crippen LogP contribution is 2.39. The molecule has 1 aromatic carbocycles. The van der Waals surface area contributed by atoms with Gasteiger partial charge in [0.15, 0.2) is 0 Å². The summed E-state index contributed by atoms with van der Waals surface area (Å²) in [7, 11) is 1.45. The molecule has 1 amide bonds. The van der Waals surface area contributed by atoms with Gasteiger partial charge in [0.05, 0.1) is 26.6 Å². The molecule has 6 heteroatoms. The van der Waals surface area contributed by atoms with Crippen molar-refractivity contribution in [2.75, 3.05) is 31.7 Å². The first-order chi connectivity index (χ1) is 12.7. The van der Waals surface area contributed by atoms with Crippen molar-refractivity contribution in [2.45, 2.75) is 44.1 Å². The molecule has 1 N–H and O–H groups in total. The number of amides is 1. The summed E-state index contributed by atoms with van der Waals surface area (Å²) in [6.45, 7) is 2.31. The number of nitrogens with one attached hydrogen (secondary N) is 1. The minimum atomic E-state index is -0.281. The Balaban J connectivity index is 1.57.